The average molecular weight is 367 g/mol. The zero-order chi connectivity index (χ0) is 19.2. The highest BCUT2D eigenvalue weighted by Crippen LogP contribution is 2.32. The van der Waals surface area contributed by atoms with Crippen LogP contribution in [-0.2, 0) is 4.79 Å². The summed E-state index contributed by atoms with van der Waals surface area (Å²) in [5, 5.41) is 3.25. The van der Waals surface area contributed by atoms with Crippen LogP contribution in [0, 0.1) is 5.92 Å². The molecule has 0 saturated carbocycles. The summed E-state index contributed by atoms with van der Waals surface area (Å²) in [4.78, 5) is 15.1. The first-order valence-corrected chi connectivity index (χ1v) is 9.81. The summed E-state index contributed by atoms with van der Waals surface area (Å²) < 4.78 is 5.25. The van der Waals surface area contributed by atoms with Gasteiger partial charge in [0.05, 0.1) is 19.7 Å². The molecule has 2 aromatic rings. The molecule has 2 atom stereocenters. The number of hydrogen-bond donors (Lipinski definition) is 1. The first-order chi connectivity index (χ1) is 13.1. The largest absolute Gasteiger partial charge is 0.497 e. The summed E-state index contributed by atoms with van der Waals surface area (Å²) in [6.45, 7) is 5.69. The molecule has 0 bridgehead atoms. The third-order valence-corrected chi connectivity index (χ3v) is 5.35. The van der Waals surface area contributed by atoms with E-state index in [1.807, 2.05) is 30.3 Å². The van der Waals surface area contributed by atoms with Crippen molar-refractivity contribution in [3.63, 3.8) is 0 Å². The minimum Gasteiger partial charge on any atom is -0.497 e. The predicted molar refractivity (Wildman–Crippen MR) is 109 cm³/mol. The van der Waals surface area contributed by atoms with Crippen molar-refractivity contribution < 1.29 is 9.53 Å². The third-order valence-electron chi connectivity index (χ3n) is 5.35. The Kier molecular flexibility index (Phi) is 6.51. The summed E-state index contributed by atoms with van der Waals surface area (Å²) in [5.41, 5.74) is 2.42. The average Bonchev–Trinajstić information content (AvgIpc) is 3.14. The van der Waals surface area contributed by atoms with Crippen LogP contribution in [0.1, 0.15) is 49.9 Å². The van der Waals surface area contributed by atoms with Crippen LogP contribution in [0.15, 0.2) is 54.6 Å². The molecular weight excluding hydrogens is 336 g/mol. The maximum absolute atomic E-state index is 12.8. The fraction of sp³-hybridized carbons (Fsp3) is 0.435. The minimum atomic E-state index is 0.0424. The van der Waals surface area contributed by atoms with E-state index in [4.69, 9.17) is 4.74 Å². The van der Waals surface area contributed by atoms with Crippen molar-refractivity contribution in [2.75, 3.05) is 20.2 Å². The van der Waals surface area contributed by atoms with Crippen LogP contribution >= 0.6 is 0 Å². The quantitative estimate of drug-likeness (QED) is 0.792. The second-order valence-electron chi connectivity index (χ2n) is 7.60. The molecule has 1 amide bonds. The van der Waals surface area contributed by atoms with E-state index in [0.29, 0.717) is 18.5 Å². The summed E-state index contributed by atoms with van der Waals surface area (Å²) in [6.07, 6.45) is 2.21. The number of hydrogen-bond acceptors (Lipinski definition) is 3. The SMILES string of the molecule is COc1ccc([C@H]2CCCN2CC(=O)N[C@@H](c2ccccc2)C(C)C)cc1. The summed E-state index contributed by atoms with van der Waals surface area (Å²) >= 11 is 0. The molecule has 4 nitrogen and oxygen atoms in total. The maximum atomic E-state index is 12.8. The Balaban J connectivity index is 1.65. The lowest BCUT2D eigenvalue weighted by Crippen LogP contribution is -2.40. The summed E-state index contributed by atoms with van der Waals surface area (Å²) in [7, 11) is 1.68. The number of methoxy groups -OCH3 is 1. The van der Waals surface area contributed by atoms with Gasteiger partial charge in [0.15, 0.2) is 0 Å². The molecule has 0 spiro atoms. The Morgan fingerprint density at radius 2 is 1.85 bits per heavy atom. The summed E-state index contributed by atoms with van der Waals surface area (Å²) in [5.74, 6) is 1.30. The minimum absolute atomic E-state index is 0.0424. The zero-order valence-electron chi connectivity index (χ0n) is 16.5. The van der Waals surface area contributed by atoms with Crippen molar-refractivity contribution in [1.82, 2.24) is 10.2 Å². The standard InChI is InChI=1S/C23H30N2O2/c1-17(2)23(19-8-5-4-6-9-19)24-22(26)16-25-15-7-10-21(25)18-11-13-20(27-3)14-12-18/h4-6,8-9,11-14,17,21,23H,7,10,15-16H2,1-3H3,(H,24,26)/t21-,23-/m1/s1. The molecule has 0 radical (unpaired) electrons. The lowest BCUT2D eigenvalue weighted by Gasteiger charge is -2.27. The number of carbonyl (C=O) groups is 1. The van der Waals surface area contributed by atoms with Gasteiger partial charge in [0.2, 0.25) is 5.91 Å². The molecule has 144 valence electrons. The van der Waals surface area contributed by atoms with Crippen molar-refractivity contribution in [3.8, 4) is 5.75 Å². The molecule has 27 heavy (non-hydrogen) atoms. The molecule has 1 aliphatic heterocycles. The van der Waals surface area contributed by atoms with E-state index in [1.54, 1.807) is 7.11 Å². The van der Waals surface area contributed by atoms with E-state index >= 15 is 0 Å². The molecule has 0 aromatic heterocycles. The fourth-order valence-corrected chi connectivity index (χ4v) is 3.92. The highest BCUT2D eigenvalue weighted by Gasteiger charge is 2.28. The number of likely N-dealkylation sites (tertiary alicyclic amines) is 1. The van der Waals surface area contributed by atoms with Crippen LogP contribution in [0.25, 0.3) is 0 Å². The molecule has 3 rings (SSSR count). The number of nitrogens with zero attached hydrogens (tertiary/aromatic N) is 1. The molecule has 1 saturated heterocycles. The van der Waals surface area contributed by atoms with Crippen LogP contribution in [-0.4, -0.2) is 31.0 Å². The Morgan fingerprint density at radius 1 is 1.15 bits per heavy atom. The smallest absolute Gasteiger partial charge is 0.234 e. The second kappa shape index (κ2) is 9.05. The van der Waals surface area contributed by atoms with Gasteiger partial charge in [-0.15, -0.1) is 0 Å². The van der Waals surface area contributed by atoms with E-state index < -0.39 is 0 Å². The van der Waals surface area contributed by atoms with Gasteiger partial charge < -0.3 is 10.1 Å². The van der Waals surface area contributed by atoms with Gasteiger partial charge in [-0.25, -0.2) is 0 Å². The third kappa shape index (κ3) is 4.89. The van der Waals surface area contributed by atoms with Gasteiger partial charge in [-0.3, -0.25) is 9.69 Å². The second-order valence-corrected chi connectivity index (χ2v) is 7.60. The van der Waals surface area contributed by atoms with Crippen LogP contribution in [0.3, 0.4) is 0 Å². The van der Waals surface area contributed by atoms with E-state index in [9.17, 15) is 4.79 Å². The highest BCUT2D eigenvalue weighted by molar-refractivity contribution is 5.78. The first-order valence-electron chi connectivity index (χ1n) is 9.81. The lowest BCUT2D eigenvalue weighted by atomic mass is 9.96. The number of amides is 1. The van der Waals surface area contributed by atoms with Gasteiger partial charge in [0.25, 0.3) is 0 Å². The van der Waals surface area contributed by atoms with E-state index in [0.717, 1.165) is 30.7 Å². The Bertz CT molecular complexity index is 728. The normalized spacial score (nSPS) is 18.4. The summed E-state index contributed by atoms with van der Waals surface area (Å²) in [6, 6.07) is 18.8. The molecule has 0 aliphatic carbocycles. The predicted octanol–water partition coefficient (Wildman–Crippen LogP) is 4.35. The monoisotopic (exact) mass is 366 g/mol. The molecule has 2 aromatic carbocycles. The molecule has 1 heterocycles. The van der Waals surface area contributed by atoms with Crippen molar-refractivity contribution in [2.45, 2.75) is 38.8 Å². The van der Waals surface area contributed by atoms with Gasteiger partial charge in [0.1, 0.15) is 5.75 Å². The van der Waals surface area contributed by atoms with Crippen molar-refractivity contribution in [1.29, 1.82) is 0 Å². The van der Waals surface area contributed by atoms with E-state index in [2.05, 4.69) is 48.3 Å². The molecular formula is C23H30N2O2. The van der Waals surface area contributed by atoms with Crippen molar-refractivity contribution in [3.05, 3.63) is 65.7 Å². The van der Waals surface area contributed by atoms with Crippen LogP contribution in [0.5, 0.6) is 5.75 Å². The van der Waals surface area contributed by atoms with Crippen molar-refractivity contribution >= 4 is 5.91 Å². The van der Waals surface area contributed by atoms with Crippen molar-refractivity contribution in [2.24, 2.45) is 5.92 Å². The number of rotatable bonds is 7. The molecule has 1 aliphatic rings. The van der Waals surface area contributed by atoms with Gasteiger partial charge in [-0.2, -0.15) is 0 Å². The number of ether oxygens (including phenoxy) is 1. The Labute approximate surface area is 162 Å². The maximum Gasteiger partial charge on any atom is 0.234 e. The Hall–Kier alpha value is -2.33. The van der Waals surface area contributed by atoms with E-state index in [1.165, 1.54) is 5.56 Å². The van der Waals surface area contributed by atoms with Crippen LogP contribution in [0.2, 0.25) is 0 Å². The van der Waals surface area contributed by atoms with E-state index in [-0.39, 0.29) is 11.9 Å². The topological polar surface area (TPSA) is 41.6 Å². The van der Waals surface area contributed by atoms with Gasteiger partial charge >= 0.3 is 0 Å². The number of benzene rings is 2. The number of carbonyl (C=O) groups excluding carboxylic acids is 1. The Morgan fingerprint density at radius 3 is 2.48 bits per heavy atom. The van der Waals surface area contributed by atoms with Gasteiger partial charge in [0, 0.05) is 6.04 Å². The van der Waals surface area contributed by atoms with Crippen LogP contribution < -0.4 is 10.1 Å². The van der Waals surface area contributed by atoms with Crippen LogP contribution in [0.4, 0.5) is 0 Å². The highest BCUT2D eigenvalue weighted by atomic mass is 16.5. The number of nitrogens with one attached hydrogen (secondary N) is 1. The fourth-order valence-electron chi connectivity index (χ4n) is 3.92. The lowest BCUT2D eigenvalue weighted by molar-refractivity contribution is -0.123. The van der Waals surface area contributed by atoms with Gasteiger partial charge in [-0.1, -0.05) is 56.3 Å². The zero-order valence-corrected chi connectivity index (χ0v) is 16.5. The van der Waals surface area contributed by atoms with Gasteiger partial charge in [-0.05, 0) is 48.6 Å². The molecule has 4 heteroatoms. The molecule has 0 unspecified atom stereocenters. The molecule has 1 fully saturated rings. The molecule has 1 N–H and O–H groups in total. The first kappa shape index (κ1) is 19.4.